The van der Waals surface area contributed by atoms with E-state index in [1.807, 2.05) is 6.92 Å². The van der Waals surface area contributed by atoms with Crippen LogP contribution in [0, 0.1) is 0 Å². The number of thioether (sulfide) groups is 1. The van der Waals surface area contributed by atoms with E-state index < -0.39 is 11.5 Å². The molecular weight excluding hydrogens is 240 g/mol. The number of rotatable bonds is 2. The van der Waals surface area contributed by atoms with Crippen molar-refractivity contribution < 1.29 is 14.7 Å². The van der Waals surface area contributed by atoms with Gasteiger partial charge in [0.1, 0.15) is 5.54 Å². The quantitative estimate of drug-likeness (QED) is 0.743. The van der Waals surface area contributed by atoms with Gasteiger partial charge in [-0.25, -0.2) is 0 Å². The maximum atomic E-state index is 12.3. The molecule has 2 unspecified atom stereocenters. The lowest BCUT2D eigenvalue weighted by atomic mass is 10.0. The third-order valence-corrected chi connectivity index (χ3v) is 5.19. The Kier molecular flexibility index (Phi) is 3.12. The van der Waals surface area contributed by atoms with Crippen molar-refractivity contribution in [1.82, 2.24) is 4.90 Å². The molecule has 2 atom stereocenters. The Morgan fingerprint density at radius 3 is 2.59 bits per heavy atom. The van der Waals surface area contributed by atoms with Crippen molar-refractivity contribution in [3.05, 3.63) is 0 Å². The summed E-state index contributed by atoms with van der Waals surface area (Å²) in [4.78, 5) is 25.0. The maximum absolute atomic E-state index is 12.3. The number of likely N-dealkylation sites (tertiary alicyclic amines) is 1. The van der Waals surface area contributed by atoms with Gasteiger partial charge < -0.3 is 15.7 Å². The third kappa shape index (κ3) is 2.15. The van der Waals surface area contributed by atoms with Gasteiger partial charge in [0, 0.05) is 13.1 Å². The van der Waals surface area contributed by atoms with Crippen LogP contribution < -0.4 is 5.73 Å². The number of hydrogen-bond acceptors (Lipinski definition) is 4. The van der Waals surface area contributed by atoms with E-state index in [2.05, 4.69) is 0 Å². The summed E-state index contributed by atoms with van der Waals surface area (Å²) in [6.07, 6.45) is 2.26. The fourth-order valence-electron chi connectivity index (χ4n) is 2.46. The number of carbonyl (C=O) groups excluding carboxylic acids is 1. The van der Waals surface area contributed by atoms with Crippen molar-refractivity contribution in [3.63, 3.8) is 0 Å². The van der Waals surface area contributed by atoms with Crippen molar-refractivity contribution >= 4 is 23.6 Å². The average molecular weight is 258 g/mol. The van der Waals surface area contributed by atoms with Crippen LogP contribution in [-0.2, 0) is 9.59 Å². The summed E-state index contributed by atoms with van der Waals surface area (Å²) in [7, 11) is 0. The Morgan fingerprint density at radius 1 is 1.41 bits per heavy atom. The summed E-state index contributed by atoms with van der Waals surface area (Å²) in [6, 6.07) is 0. The zero-order valence-corrected chi connectivity index (χ0v) is 10.8. The average Bonchev–Trinajstić information content (AvgIpc) is 2.86. The van der Waals surface area contributed by atoms with Gasteiger partial charge in [0.25, 0.3) is 0 Å². The zero-order chi connectivity index (χ0) is 12.7. The molecule has 0 aromatic rings. The van der Waals surface area contributed by atoms with Crippen LogP contribution in [0.25, 0.3) is 0 Å². The molecule has 0 aliphatic carbocycles. The number of aliphatic carboxylic acids is 1. The van der Waals surface area contributed by atoms with Crippen molar-refractivity contribution in [2.75, 3.05) is 18.8 Å². The molecular formula is C11H18N2O3S. The predicted molar refractivity (Wildman–Crippen MR) is 65.8 cm³/mol. The van der Waals surface area contributed by atoms with E-state index >= 15 is 0 Å². The first-order chi connectivity index (χ1) is 7.87. The minimum atomic E-state index is -1.25. The van der Waals surface area contributed by atoms with Crippen LogP contribution in [0.2, 0.25) is 0 Å². The van der Waals surface area contributed by atoms with Gasteiger partial charge in [0.05, 0.1) is 4.75 Å². The molecule has 0 aromatic heterocycles. The first kappa shape index (κ1) is 12.7. The van der Waals surface area contributed by atoms with E-state index in [1.54, 1.807) is 16.7 Å². The second-order valence-corrected chi connectivity index (χ2v) is 6.72. The number of hydrogen-bond donors (Lipinski definition) is 2. The molecule has 2 heterocycles. The van der Waals surface area contributed by atoms with Crippen molar-refractivity contribution in [1.29, 1.82) is 0 Å². The van der Waals surface area contributed by atoms with Crippen molar-refractivity contribution in [2.45, 2.75) is 36.5 Å². The molecule has 0 radical (unpaired) electrons. The Hall–Kier alpha value is -0.750. The summed E-state index contributed by atoms with van der Waals surface area (Å²) in [6.45, 7) is 2.54. The minimum Gasteiger partial charge on any atom is -0.480 e. The first-order valence-corrected chi connectivity index (χ1v) is 6.82. The first-order valence-electron chi connectivity index (χ1n) is 5.83. The Morgan fingerprint density at radius 2 is 2.12 bits per heavy atom. The summed E-state index contributed by atoms with van der Waals surface area (Å²) < 4.78 is -0.371. The standard InChI is InChI=1S/C11H18N2O3S/c1-10(3-2-6-17-10)8(14)13-5-4-11(12,7-13)9(15)16/h2-7,12H2,1H3,(H,15,16). The number of carboxylic acid groups (broad SMARTS) is 1. The molecule has 5 nitrogen and oxygen atoms in total. The highest BCUT2D eigenvalue weighted by molar-refractivity contribution is 8.01. The van der Waals surface area contributed by atoms with Crippen LogP contribution in [0.5, 0.6) is 0 Å². The van der Waals surface area contributed by atoms with Crippen molar-refractivity contribution in [3.8, 4) is 0 Å². The Balaban J connectivity index is 2.06. The molecule has 0 spiro atoms. The van der Waals surface area contributed by atoms with Crippen LogP contribution in [0.3, 0.4) is 0 Å². The van der Waals surface area contributed by atoms with E-state index in [0.29, 0.717) is 13.0 Å². The molecule has 1 amide bonds. The smallest absolute Gasteiger partial charge is 0.325 e. The van der Waals surface area contributed by atoms with Crippen LogP contribution in [0.1, 0.15) is 26.2 Å². The largest absolute Gasteiger partial charge is 0.480 e. The van der Waals surface area contributed by atoms with Gasteiger partial charge in [-0.15, -0.1) is 11.8 Å². The van der Waals surface area contributed by atoms with E-state index in [1.165, 1.54) is 0 Å². The zero-order valence-electron chi connectivity index (χ0n) is 9.94. The van der Waals surface area contributed by atoms with Gasteiger partial charge in [-0.05, 0) is 31.9 Å². The molecule has 96 valence electrons. The molecule has 2 saturated heterocycles. The fourth-order valence-corrected chi connectivity index (χ4v) is 3.74. The van der Waals surface area contributed by atoms with Crippen LogP contribution in [0.4, 0.5) is 0 Å². The molecule has 2 aliphatic heterocycles. The molecule has 0 saturated carbocycles. The molecule has 3 N–H and O–H groups in total. The molecule has 2 fully saturated rings. The highest BCUT2D eigenvalue weighted by atomic mass is 32.2. The van der Waals surface area contributed by atoms with Gasteiger partial charge in [0.2, 0.25) is 5.91 Å². The minimum absolute atomic E-state index is 0.0496. The lowest BCUT2D eigenvalue weighted by Crippen LogP contribution is -2.52. The van der Waals surface area contributed by atoms with Gasteiger partial charge in [-0.3, -0.25) is 9.59 Å². The second-order valence-electron chi connectivity index (χ2n) is 5.12. The molecule has 2 rings (SSSR count). The van der Waals surface area contributed by atoms with Crippen LogP contribution in [0.15, 0.2) is 0 Å². The fraction of sp³-hybridized carbons (Fsp3) is 0.818. The lowest BCUT2D eigenvalue weighted by Gasteiger charge is -2.28. The van der Waals surface area contributed by atoms with Gasteiger partial charge in [0.15, 0.2) is 0 Å². The molecule has 0 aromatic carbocycles. The predicted octanol–water partition coefficient (Wildman–Crippen LogP) is 0.286. The van der Waals surface area contributed by atoms with E-state index in [4.69, 9.17) is 10.8 Å². The monoisotopic (exact) mass is 258 g/mol. The number of carbonyl (C=O) groups is 2. The Bertz CT molecular complexity index is 355. The molecule has 2 aliphatic rings. The summed E-state index contributed by atoms with van der Waals surface area (Å²) >= 11 is 1.67. The summed E-state index contributed by atoms with van der Waals surface area (Å²) in [5.41, 5.74) is 4.52. The molecule has 0 bridgehead atoms. The van der Waals surface area contributed by atoms with Gasteiger partial charge in [-0.2, -0.15) is 0 Å². The molecule has 6 heteroatoms. The lowest BCUT2D eigenvalue weighted by molar-refractivity contribution is -0.143. The summed E-state index contributed by atoms with van der Waals surface area (Å²) in [5.74, 6) is 0.0357. The second kappa shape index (κ2) is 4.17. The maximum Gasteiger partial charge on any atom is 0.325 e. The van der Waals surface area contributed by atoms with E-state index in [-0.39, 0.29) is 17.2 Å². The highest BCUT2D eigenvalue weighted by Gasteiger charge is 2.47. The number of carboxylic acids is 1. The van der Waals surface area contributed by atoms with E-state index in [9.17, 15) is 9.59 Å². The third-order valence-electron chi connectivity index (χ3n) is 3.69. The normalized spacial score (nSPS) is 37.4. The topological polar surface area (TPSA) is 83.6 Å². The Labute approximate surface area is 105 Å². The van der Waals surface area contributed by atoms with E-state index in [0.717, 1.165) is 18.6 Å². The number of nitrogens with two attached hydrogens (primary N) is 1. The van der Waals surface area contributed by atoms with Crippen molar-refractivity contribution in [2.24, 2.45) is 5.73 Å². The molecule has 17 heavy (non-hydrogen) atoms. The summed E-state index contributed by atoms with van der Waals surface area (Å²) in [5, 5.41) is 9.03. The number of nitrogens with zero attached hydrogens (tertiary/aromatic N) is 1. The van der Waals surface area contributed by atoms with Crippen LogP contribution in [-0.4, -0.2) is 51.0 Å². The highest BCUT2D eigenvalue weighted by Crippen LogP contribution is 2.40. The SMILES string of the molecule is CC1(C(=O)N2CCC(N)(C(=O)O)C2)CCCS1. The van der Waals surface area contributed by atoms with Gasteiger partial charge in [-0.1, -0.05) is 0 Å². The van der Waals surface area contributed by atoms with Crippen LogP contribution >= 0.6 is 11.8 Å². The van der Waals surface area contributed by atoms with Gasteiger partial charge >= 0.3 is 5.97 Å². The number of amides is 1.